The van der Waals surface area contributed by atoms with E-state index in [0.29, 0.717) is 18.5 Å². The molecule has 6 nitrogen and oxygen atoms in total. The highest BCUT2D eigenvalue weighted by Gasteiger charge is 2.38. The smallest absolute Gasteiger partial charge is 0.251 e. The first kappa shape index (κ1) is 16.3. The summed E-state index contributed by atoms with van der Waals surface area (Å²) >= 11 is 0. The average Bonchev–Trinajstić information content (AvgIpc) is 3.24. The Morgan fingerprint density at radius 2 is 2.08 bits per heavy atom. The lowest BCUT2D eigenvalue weighted by atomic mass is 9.93. The largest absolute Gasteiger partial charge is 0.352 e. The van der Waals surface area contributed by atoms with Crippen LogP contribution < -0.4 is 5.32 Å². The molecule has 2 atom stereocenters. The van der Waals surface area contributed by atoms with E-state index in [1.54, 1.807) is 23.4 Å². The van der Waals surface area contributed by atoms with Crippen LogP contribution in [0.25, 0.3) is 11.0 Å². The van der Waals surface area contributed by atoms with Crippen molar-refractivity contribution in [1.29, 1.82) is 0 Å². The Morgan fingerprint density at radius 3 is 2.88 bits per heavy atom. The molecular weight excluding hydrogens is 328 g/mol. The highest BCUT2D eigenvalue weighted by atomic mass is 16.2. The molecule has 26 heavy (non-hydrogen) atoms. The number of likely N-dealkylation sites (tertiary alicyclic amines) is 1. The normalized spacial score (nSPS) is 19.9. The zero-order valence-corrected chi connectivity index (χ0v) is 14.5. The summed E-state index contributed by atoms with van der Waals surface area (Å²) in [7, 11) is 1.83. The maximum atomic E-state index is 12.5. The number of hydrogen-bond acceptors (Lipinski definition) is 3. The third kappa shape index (κ3) is 2.94. The summed E-state index contributed by atoms with van der Waals surface area (Å²) in [6.45, 7) is 0.454. The van der Waals surface area contributed by atoms with Crippen LogP contribution in [-0.4, -0.2) is 40.3 Å². The number of amides is 2. The van der Waals surface area contributed by atoms with Gasteiger partial charge in [0.05, 0.1) is 23.4 Å². The number of imidazole rings is 1. The van der Waals surface area contributed by atoms with Crippen LogP contribution >= 0.6 is 0 Å². The predicted molar refractivity (Wildman–Crippen MR) is 98.5 cm³/mol. The van der Waals surface area contributed by atoms with Crippen molar-refractivity contribution in [3.8, 4) is 0 Å². The Bertz CT molecular complexity index is 951. The van der Waals surface area contributed by atoms with Gasteiger partial charge >= 0.3 is 0 Å². The summed E-state index contributed by atoms with van der Waals surface area (Å²) < 4.78 is 0. The number of rotatable bonds is 4. The molecule has 1 saturated heterocycles. The van der Waals surface area contributed by atoms with Gasteiger partial charge in [-0.05, 0) is 23.8 Å². The van der Waals surface area contributed by atoms with Gasteiger partial charge in [-0.1, -0.05) is 30.3 Å². The van der Waals surface area contributed by atoms with E-state index >= 15 is 0 Å². The topological polar surface area (TPSA) is 78.1 Å². The lowest BCUT2D eigenvalue weighted by Crippen LogP contribution is -2.32. The number of hydrogen-bond donors (Lipinski definition) is 2. The average molecular weight is 348 g/mol. The molecule has 132 valence electrons. The van der Waals surface area contributed by atoms with E-state index in [4.69, 9.17) is 0 Å². The van der Waals surface area contributed by atoms with E-state index in [1.807, 2.05) is 43.4 Å². The van der Waals surface area contributed by atoms with Crippen molar-refractivity contribution in [2.45, 2.75) is 12.5 Å². The Hall–Kier alpha value is -3.15. The Labute approximate surface area is 151 Å². The monoisotopic (exact) mass is 348 g/mol. The third-order valence-corrected chi connectivity index (χ3v) is 5.04. The summed E-state index contributed by atoms with van der Waals surface area (Å²) in [5.41, 5.74) is 3.33. The third-order valence-electron chi connectivity index (χ3n) is 5.04. The predicted octanol–water partition coefficient (Wildman–Crippen LogP) is 2.51. The summed E-state index contributed by atoms with van der Waals surface area (Å²) in [6.07, 6.45) is 2.05. The van der Waals surface area contributed by atoms with E-state index < -0.39 is 0 Å². The first-order chi connectivity index (χ1) is 12.6. The summed E-state index contributed by atoms with van der Waals surface area (Å²) in [5, 5.41) is 2.99. The molecule has 0 bridgehead atoms. The minimum absolute atomic E-state index is 0.0147. The second-order valence-corrected chi connectivity index (χ2v) is 6.67. The molecule has 0 aliphatic carbocycles. The van der Waals surface area contributed by atoms with Gasteiger partial charge < -0.3 is 15.2 Å². The van der Waals surface area contributed by atoms with E-state index in [9.17, 15) is 9.59 Å². The molecule has 0 saturated carbocycles. The molecule has 2 N–H and O–H groups in total. The van der Waals surface area contributed by atoms with Crippen molar-refractivity contribution in [1.82, 2.24) is 20.2 Å². The molecule has 0 radical (unpaired) electrons. The SMILES string of the molecule is CN1C(=O)C[C@@H](CNC(=O)c2ccc3nc[nH]c3c2)[C@@H]1c1ccccc1. The number of aromatic nitrogens is 2. The highest BCUT2D eigenvalue weighted by Crippen LogP contribution is 2.36. The van der Waals surface area contributed by atoms with E-state index in [1.165, 1.54) is 0 Å². The van der Waals surface area contributed by atoms with Crippen molar-refractivity contribution in [2.24, 2.45) is 5.92 Å². The van der Waals surface area contributed by atoms with Gasteiger partial charge in [0, 0.05) is 31.5 Å². The molecule has 4 rings (SSSR count). The molecule has 6 heteroatoms. The molecule has 3 aromatic rings. The van der Waals surface area contributed by atoms with Crippen molar-refractivity contribution in [2.75, 3.05) is 13.6 Å². The minimum atomic E-state index is -0.143. The maximum absolute atomic E-state index is 12.5. The van der Waals surface area contributed by atoms with Crippen LogP contribution in [0, 0.1) is 5.92 Å². The van der Waals surface area contributed by atoms with Crippen LogP contribution in [0.5, 0.6) is 0 Å². The van der Waals surface area contributed by atoms with Crippen molar-refractivity contribution in [3.05, 3.63) is 66.0 Å². The van der Waals surface area contributed by atoms with Crippen molar-refractivity contribution in [3.63, 3.8) is 0 Å². The number of carbonyl (C=O) groups excluding carboxylic acids is 2. The number of fused-ring (bicyclic) bond motifs is 1. The van der Waals surface area contributed by atoms with Crippen LogP contribution in [-0.2, 0) is 4.79 Å². The summed E-state index contributed by atoms with van der Waals surface area (Å²) in [5.74, 6) is 0.0158. The number of H-pyrrole nitrogens is 1. The highest BCUT2D eigenvalue weighted by molar-refractivity contribution is 5.97. The number of aromatic amines is 1. The quantitative estimate of drug-likeness (QED) is 0.760. The number of nitrogens with one attached hydrogen (secondary N) is 2. The summed E-state index contributed by atoms with van der Waals surface area (Å²) in [4.78, 5) is 33.7. The number of nitrogens with zero attached hydrogens (tertiary/aromatic N) is 2. The Balaban J connectivity index is 1.48. The maximum Gasteiger partial charge on any atom is 0.251 e. The second kappa shape index (κ2) is 6.63. The van der Waals surface area contributed by atoms with Crippen LogP contribution in [0.1, 0.15) is 28.4 Å². The van der Waals surface area contributed by atoms with Gasteiger partial charge in [0.15, 0.2) is 0 Å². The molecule has 0 unspecified atom stereocenters. The zero-order chi connectivity index (χ0) is 18.1. The van der Waals surface area contributed by atoms with Gasteiger partial charge in [-0.25, -0.2) is 4.98 Å². The van der Waals surface area contributed by atoms with Crippen LogP contribution in [0.2, 0.25) is 0 Å². The minimum Gasteiger partial charge on any atom is -0.352 e. The van der Waals surface area contributed by atoms with Crippen LogP contribution in [0.4, 0.5) is 0 Å². The van der Waals surface area contributed by atoms with Gasteiger partial charge in [0.2, 0.25) is 5.91 Å². The van der Waals surface area contributed by atoms with Gasteiger partial charge in [-0.2, -0.15) is 0 Å². The first-order valence-electron chi connectivity index (χ1n) is 8.65. The molecule has 1 aromatic heterocycles. The van der Waals surface area contributed by atoms with Gasteiger partial charge in [0.1, 0.15) is 0 Å². The van der Waals surface area contributed by atoms with Gasteiger partial charge in [-0.3, -0.25) is 9.59 Å². The Kier molecular flexibility index (Phi) is 4.16. The molecule has 1 aliphatic rings. The summed E-state index contributed by atoms with van der Waals surface area (Å²) in [6, 6.07) is 15.3. The molecule has 2 amide bonds. The van der Waals surface area contributed by atoms with E-state index in [2.05, 4.69) is 15.3 Å². The van der Waals surface area contributed by atoms with Crippen molar-refractivity contribution < 1.29 is 9.59 Å². The standard InChI is InChI=1S/C20H20N4O2/c1-24-18(25)10-15(19(24)13-5-3-2-4-6-13)11-21-20(26)14-7-8-16-17(9-14)23-12-22-16/h2-9,12,15,19H,10-11H2,1H3,(H,21,26)(H,22,23)/t15-,19-/m0/s1. The van der Waals surface area contributed by atoms with E-state index in [0.717, 1.165) is 16.6 Å². The van der Waals surface area contributed by atoms with E-state index in [-0.39, 0.29) is 23.8 Å². The lowest BCUT2D eigenvalue weighted by Gasteiger charge is -2.25. The van der Waals surface area contributed by atoms with Crippen LogP contribution in [0.3, 0.4) is 0 Å². The molecule has 1 fully saturated rings. The van der Waals surface area contributed by atoms with Crippen molar-refractivity contribution >= 4 is 22.8 Å². The molecule has 2 heterocycles. The molecule has 0 spiro atoms. The number of carbonyl (C=O) groups is 2. The fourth-order valence-electron chi connectivity index (χ4n) is 3.68. The first-order valence-corrected chi connectivity index (χ1v) is 8.65. The molecule has 1 aliphatic heterocycles. The van der Waals surface area contributed by atoms with Crippen LogP contribution in [0.15, 0.2) is 54.9 Å². The number of benzene rings is 2. The lowest BCUT2D eigenvalue weighted by molar-refractivity contribution is -0.127. The fraction of sp³-hybridized carbons (Fsp3) is 0.250. The Morgan fingerprint density at radius 1 is 1.27 bits per heavy atom. The second-order valence-electron chi connectivity index (χ2n) is 6.67. The molecular formula is C20H20N4O2. The fourth-order valence-corrected chi connectivity index (χ4v) is 3.68. The van der Waals surface area contributed by atoms with Gasteiger partial charge in [-0.15, -0.1) is 0 Å². The van der Waals surface area contributed by atoms with Gasteiger partial charge in [0.25, 0.3) is 5.91 Å². The molecule has 2 aromatic carbocycles. The zero-order valence-electron chi connectivity index (χ0n) is 14.5.